The summed E-state index contributed by atoms with van der Waals surface area (Å²) < 4.78 is 14.0. The van der Waals surface area contributed by atoms with Gasteiger partial charge in [-0.3, -0.25) is 4.79 Å². The minimum atomic E-state index is -0.940. The number of pyridine rings is 1. The average Bonchev–Trinajstić information content (AvgIpc) is 3.75. The van der Waals surface area contributed by atoms with Crippen LogP contribution >= 0.6 is 0 Å². The summed E-state index contributed by atoms with van der Waals surface area (Å²) in [6, 6.07) is 22.0. The first-order chi connectivity index (χ1) is 25.7. The fourth-order valence-electron chi connectivity index (χ4n) is 9.31. The van der Waals surface area contributed by atoms with Crippen molar-refractivity contribution in [1.82, 2.24) is 10.3 Å². The van der Waals surface area contributed by atoms with E-state index in [4.69, 9.17) is 9.47 Å². The molecule has 4 aliphatic rings. The minimum absolute atomic E-state index is 0. The second-order valence-corrected chi connectivity index (χ2v) is 15.8. The van der Waals surface area contributed by atoms with E-state index in [1.807, 2.05) is 43.3 Å². The van der Waals surface area contributed by atoms with E-state index in [0.717, 1.165) is 79.5 Å². The lowest BCUT2D eigenvalue weighted by Gasteiger charge is -2.53. The molecule has 10 nitrogen and oxygen atoms in total. The largest absolute Gasteiger partial charge is 1.00 e. The van der Waals surface area contributed by atoms with E-state index in [1.165, 1.54) is 25.0 Å². The maximum atomic E-state index is 12.1. The number of aliphatic hydroxyl groups excluding tert-OH is 2. The van der Waals surface area contributed by atoms with Gasteiger partial charge in [-0.2, -0.15) is 0 Å². The van der Waals surface area contributed by atoms with Gasteiger partial charge in [0.1, 0.15) is 29.7 Å². The number of piperidine rings is 3. The van der Waals surface area contributed by atoms with Gasteiger partial charge in [-0.15, -0.1) is 0 Å². The number of hydrogen-bond acceptors (Lipinski definition) is 8. The summed E-state index contributed by atoms with van der Waals surface area (Å²) in [5.74, 6) is 1.43. The fourth-order valence-corrected chi connectivity index (χ4v) is 9.31. The third kappa shape index (κ3) is 8.73. The fraction of sp³-hybridized carbons (Fsp3) is 0.512. The van der Waals surface area contributed by atoms with Crippen LogP contribution in [0, 0.1) is 11.8 Å². The van der Waals surface area contributed by atoms with Crippen molar-refractivity contribution >= 4 is 10.9 Å². The van der Waals surface area contributed by atoms with Gasteiger partial charge in [-0.25, -0.2) is 0 Å². The van der Waals surface area contributed by atoms with Gasteiger partial charge >= 0.3 is 0 Å². The van der Waals surface area contributed by atoms with Crippen molar-refractivity contribution in [1.29, 1.82) is 0 Å². The van der Waals surface area contributed by atoms with Crippen LogP contribution in [0.1, 0.15) is 86.3 Å². The Morgan fingerprint density at radius 2 is 1.76 bits per heavy atom. The number of aliphatic hydroxyl groups is 3. The molecule has 11 heteroatoms. The summed E-state index contributed by atoms with van der Waals surface area (Å²) >= 11 is 0. The van der Waals surface area contributed by atoms with Gasteiger partial charge in [0.15, 0.2) is 0 Å². The monoisotopic (exact) mass is 805 g/mol. The Kier molecular flexibility index (Phi) is 13.2. The number of fused-ring (bicyclic) bond motifs is 4. The highest BCUT2D eigenvalue weighted by Gasteiger charge is 2.48. The molecule has 3 aliphatic heterocycles. The Balaban J connectivity index is 0.00000497. The standard InChI is InChI=1S/C43H55N3O7.BrH/c1-29(44-25-38(49)35-13-15-37(48)42-36(35)14-17-41(50)45-42)31-12-16-39(32(24-31)27-47)52-23-7-20-46-21-18-30(19-22-46)40(26-46)53-28-43(51,34-10-5-6-11-34)33-8-3-2-4-9-33;/h2-4,8-9,12-17,24,29-30,34,38,40,44,47,49,51H,5-7,10-11,18-23,25-28H2,1H3,(H-,45,48,50);1H/t29-,30?,38-,40-,43+,46?;/m0./s1. The summed E-state index contributed by atoms with van der Waals surface area (Å²) in [7, 11) is 0. The molecule has 8 rings (SSSR count). The van der Waals surface area contributed by atoms with Gasteiger partial charge in [-0.1, -0.05) is 55.3 Å². The molecule has 1 saturated carbocycles. The van der Waals surface area contributed by atoms with E-state index in [9.17, 15) is 25.2 Å². The zero-order valence-electron chi connectivity index (χ0n) is 31.3. The van der Waals surface area contributed by atoms with Gasteiger partial charge in [-0.05, 0) is 66.6 Å². The van der Waals surface area contributed by atoms with E-state index in [2.05, 4.69) is 22.4 Å². The van der Waals surface area contributed by atoms with Crippen LogP contribution in [0.4, 0.5) is 0 Å². The SMILES string of the molecule is C[C@H](NC[C@H](O)c1ccc(O)c2[nH]c(=O)ccc12)c1ccc(OCCC[N+]23CCC(CC2)[C@@H](OC[C@@](O)(c2ccccc2)C2CCCC2)C3)c(CO)c1.[Br-]. The molecule has 0 amide bonds. The van der Waals surface area contributed by atoms with Gasteiger partial charge in [0.05, 0.1) is 51.1 Å². The second kappa shape index (κ2) is 17.7. The van der Waals surface area contributed by atoms with Crippen molar-refractivity contribution in [2.45, 2.75) is 82.3 Å². The summed E-state index contributed by atoms with van der Waals surface area (Å²) in [5.41, 5.74) is 2.30. The number of aromatic hydroxyl groups is 1. The number of aromatic amines is 1. The van der Waals surface area contributed by atoms with Gasteiger partial charge in [0, 0.05) is 54.8 Å². The molecule has 4 atom stereocenters. The lowest BCUT2D eigenvalue weighted by atomic mass is 9.80. The lowest BCUT2D eigenvalue weighted by Crippen LogP contribution is -3.00. The first-order valence-electron chi connectivity index (χ1n) is 19.6. The van der Waals surface area contributed by atoms with E-state index in [0.29, 0.717) is 41.3 Å². The first-order valence-corrected chi connectivity index (χ1v) is 19.6. The van der Waals surface area contributed by atoms with Crippen molar-refractivity contribution in [2.75, 3.05) is 45.9 Å². The molecular formula is C43H56BrN3O7. The molecule has 3 saturated heterocycles. The number of phenols is 1. The highest BCUT2D eigenvalue weighted by Crippen LogP contribution is 2.43. The molecule has 2 bridgehead atoms. The summed E-state index contributed by atoms with van der Waals surface area (Å²) in [4.78, 5) is 14.4. The smallest absolute Gasteiger partial charge is 0.248 e. The van der Waals surface area contributed by atoms with Crippen molar-refractivity contribution in [3.63, 3.8) is 0 Å². The summed E-state index contributed by atoms with van der Waals surface area (Å²) in [6.07, 6.45) is 6.94. The summed E-state index contributed by atoms with van der Waals surface area (Å²) in [6.45, 7) is 7.34. The molecule has 0 radical (unpaired) electrons. The summed E-state index contributed by atoms with van der Waals surface area (Å²) in [5, 5.41) is 47.5. The lowest BCUT2D eigenvalue weighted by molar-refractivity contribution is -0.946. The molecule has 6 N–H and O–H groups in total. The quantitative estimate of drug-likeness (QED) is 0.0750. The zero-order chi connectivity index (χ0) is 37.0. The van der Waals surface area contributed by atoms with Crippen molar-refractivity contribution in [3.05, 3.63) is 105 Å². The molecule has 0 unspecified atom stereocenters. The Bertz CT molecular complexity index is 1890. The second-order valence-electron chi connectivity index (χ2n) is 15.8. The first kappa shape index (κ1) is 40.4. The Labute approximate surface area is 328 Å². The third-order valence-corrected chi connectivity index (χ3v) is 12.5. The van der Waals surface area contributed by atoms with E-state index < -0.39 is 11.7 Å². The molecule has 292 valence electrons. The highest BCUT2D eigenvalue weighted by molar-refractivity contribution is 5.87. The molecular weight excluding hydrogens is 750 g/mol. The molecule has 0 spiro atoms. The molecule has 4 fully saturated rings. The number of nitrogens with zero attached hydrogens (tertiary/aromatic N) is 1. The van der Waals surface area contributed by atoms with Gasteiger partial charge in [0.25, 0.3) is 0 Å². The zero-order valence-corrected chi connectivity index (χ0v) is 32.8. The van der Waals surface area contributed by atoms with Crippen molar-refractivity contribution in [3.8, 4) is 11.5 Å². The van der Waals surface area contributed by atoms with Crippen LogP contribution in [0.15, 0.2) is 77.6 Å². The van der Waals surface area contributed by atoms with Crippen LogP contribution in [0.3, 0.4) is 0 Å². The molecule has 54 heavy (non-hydrogen) atoms. The number of hydrogen-bond donors (Lipinski definition) is 6. The normalized spacial score (nSPS) is 23.5. The predicted octanol–water partition coefficient (Wildman–Crippen LogP) is 2.59. The maximum Gasteiger partial charge on any atom is 0.248 e. The predicted molar refractivity (Wildman–Crippen MR) is 205 cm³/mol. The van der Waals surface area contributed by atoms with Gasteiger partial charge < -0.3 is 61.7 Å². The van der Waals surface area contributed by atoms with E-state index in [-0.39, 0.29) is 59.5 Å². The minimum Gasteiger partial charge on any atom is -1.00 e. The number of aromatic nitrogens is 1. The molecule has 4 heterocycles. The van der Waals surface area contributed by atoms with Crippen LogP contribution in [0.25, 0.3) is 10.9 Å². The molecule has 3 aromatic carbocycles. The van der Waals surface area contributed by atoms with Crippen molar-refractivity contribution < 1.29 is 51.4 Å². The number of ether oxygens (including phenoxy) is 2. The third-order valence-electron chi connectivity index (χ3n) is 12.5. The van der Waals surface area contributed by atoms with Crippen LogP contribution in [0.5, 0.6) is 11.5 Å². The Hall–Kier alpha value is -3.29. The van der Waals surface area contributed by atoms with E-state index in [1.54, 1.807) is 12.1 Å². The van der Waals surface area contributed by atoms with Crippen LogP contribution < -0.4 is 32.6 Å². The number of benzene rings is 3. The molecule has 1 aromatic heterocycles. The van der Waals surface area contributed by atoms with Gasteiger partial charge in [0.2, 0.25) is 5.56 Å². The highest BCUT2D eigenvalue weighted by atomic mass is 79.9. The molecule has 1 aliphatic carbocycles. The van der Waals surface area contributed by atoms with E-state index >= 15 is 0 Å². The number of halogens is 1. The number of phenolic OH excluding ortho intramolecular Hbond substituents is 1. The topological polar surface area (TPSA) is 144 Å². The Morgan fingerprint density at radius 3 is 2.50 bits per heavy atom. The number of quaternary nitrogens is 1. The van der Waals surface area contributed by atoms with Crippen LogP contribution in [0.2, 0.25) is 0 Å². The van der Waals surface area contributed by atoms with Crippen LogP contribution in [-0.4, -0.2) is 81.9 Å². The van der Waals surface area contributed by atoms with Crippen LogP contribution in [-0.2, 0) is 16.9 Å². The number of nitrogens with one attached hydrogen (secondary N) is 2. The number of H-pyrrole nitrogens is 1. The number of rotatable bonds is 16. The molecule has 4 aromatic rings. The Morgan fingerprint density at radius 1 is 1.00 bits per heavy atom. The maximum absolute atomic E-state index is 12.1. The van der Waals surface area contributed by atoms with Crippen molar-refractivity contribution in [2.24, 2.45) is 11.8 Å². The average molecular weight is 807 g/mol.